The molecule has 4 heteroatoms. The van der Waals surface area contributed by atoms with Crippen molar-refractivity contribution in [3.63, 3.8) is 0 Å². The van der Waals surface area contributed by atoms with Crippen LogP contribution in [0.1, 0.15) is 20.3 Å². The van der Waals surface area contributed by atoms with E-state index in [1.807, 2.05) is 13.8 Å². The van der Waals surface area contributed by atoms with Crippen LogP contribution in [-0.4, -0.2) is 12.5 Å². The number of amides is 1. The minimum Gasteiger partial charge on any atom is -0.329 e. The van der Waals surface area contributed by atoms with Crippen LogP contribution in [0, 0.1) is 5.41 Å². The molecule has 0 aliphatic rings. The predicted molar refractivity (Wildman–Crippen MR) is 67.5 cm³/mol. The summed E-state index contributed by atoms with van der Waals surface area (Å²) in [5.41, 5.74) is 5.84. The van der Waals surface area contributed by atoms with Gasteiger partial charge in [-0.3, -0.25) is 4.79 Å². The van der Waals surface area contributed by atoms with Crippen molar-refractivity contribution in [3.05, 3.63) is 29.3 Å². The lowest BCUT2D eigenvalue weighted by Crippen LogP contribution is -2.39. The maximum Gasteiger partial charge on any atom is 0.231 e. The third-order valence-corrected chi connectivity index (χ3v) is 3.13. The van der Waals surface area contributed by atoms with Gasteiger partial charge in [0, 0.05) is 17.3 Å². The Morgan fingerprint density at radius 2 is 2.00 bits per heavy atom. The number of halogens is 1. The number of nitrogens with one attached hydrogen (secondary N) is 1. The number of nitrogens with two attached hydrogens (primary N) is 1. The standard InChI is InChI=1S/C12H17ClN2O/c1-3-12(2,8-14)11(16)15-10-6-4-9(13)5-7-10/h4-7H,3,8,14H2,1-2H3,(H,15,16). The van der Waals surface area contributed by atoms with Crippen molar-refractivity contribution < 1.29 is 4.79 Å². The first kappa shape index (κ1) is 13.0. The number of carbonyl (C=O) groups is 1. The van der Waals surface area contributed by atoms with Crippen molar-refractivity contribution in [1.82, 2.24) is 0 Å². The van der Waals surface area contributed by atoms with Gasteiger partial charge < -0.3 is 11.1 Å². The number of anilines is 1. The molecule has 1 aromatic carbocycles. The molecule has 3 N–H and O–H groups in total. The van der Waals surface area contributed by atoms with E-state index in [9.17, 15) is 4.79 Å². The second-order valence-electron chi connectivity index (χ2n) is 4.08. The Labute approximate surface area is 101 Å². The Bertz CT molecular complexity index is 358. The van der Waals surface area contributed by atoms with Crippen LogP contribution in [0.3, 0.4) is 0 Å². The second-order valence-corrected chi connectivity index (χ2v) is 4.52. The van der Waals surface area contributed by atoms with Crippen molar-refractivity contribution in [1.29, 1.82) is 0 Å². The number of hydrogen-bond acceptors (Lipinski definition) is 2. The first-order valence-corrected chi connectivity index (χ1v) is 5.66. The second kappa shape index (κ2) is 5.32. The smallest absolute Gasteiger partial charge is 0.231 e. The molecule has 0 bridgehead atoms. The third-order valence-electron chi connectivity index (χ3n) is 2.88. The predicted octanol–water partition coefficient (Wildman–Crippen LogP) is 2.65. The number of rotatable bonds is 4. The van der Waals surface area contributed by atoms with E-state index in [4.69, 9.17) is 17.3 Å². The molecule has 0 saturated heterocycles. The largest absolute Gasteiger partial charge is 0.329 e. The quantitative estimate of drug-likeness (QED) is 0.850. The van der Waals surface area contributed by atoms with E-state index in [-0.39, 0.29) is 5.91 Å². The average molecular weight is 241 g/mol. The lowest BCUT2D eigenvalue weighted by atomic mass is 9.86. The van der Waals surface area contributed by atoms with Gasteiger partial charge in [-0.25, -0.2) is 0 Å². The molecule has 88 valence electrons. The molecular weight excluding hydrogens is 224 g/mol. The zero-order valence-corrected chi connectivity index (χ0v) is 10.3. The van der Waals surface area contributed by atoms with Crippen molar-refractivity contribution in [3.8, 4) is 0 Å². The van der Waals surface area contributed by atoms with E-state index in [0.717, 1.165) is 5.69 Å². The van der Waals surface area contributed by atoms with Gasteiger partial charge in [0.15, 0.2) is 0 Å². The van der Waals surface area contributed by atoms with E-state index in [2.05, 4.69) is 5.32 Å². The zero-order valence-electron chi connectivity index (χ0n) is 9.59. The first-order valence-electron chi connectivity index (χ1n) is 5.29. The van der Waals surface area contributed by atoms with Crippen LogP contribution in [0.15, 0.2) is 24.3 Å². The normalized spacial score (nSPS) is 14.2. The molecule has 0 heterocycles. The van der Waals surface area contributed by atoms with E-state index < -0.39 is 5.41 Å². The third kappa shape index (κ3) is 2.97. The van der Waals surface area contributed by atoms with Crippen molar-refractivity contribution >= 4 is 23.2 Å². The van der Waals surface area contributed by atoms with Crippen LogP contribution in [-0.2, 0) is 4.79 Å². The van der Waals surface area contributed by atoms with Crippen LogP contribution in [0.2, 0.25) is 5.02 Å². The molecular formula is C12H17ClN2O. The Morgan fingerprint density at radius 1 is 1.44 bits per heavy atom. The van der Waals surface area contributed by atoms with Crippen LogP contribution in [0.5, 0.6) is 0 Å². The minimum atomic E-state index is -0.514. The highest BCUT2D eigenvalue weighted by molar-refractivity contribution is 6.30. The summed E-state index contributed by atoms with van der Waals surface area (Å²) in [5, 5.41) is 3.48. The molecule has 0 saturated carbocycles. The molecule has 1 atom stereocenters. The highest BCUT2D eigenvalue weighted by Gasteiger charge is 2.29. The SMILES string of the molecule is CCC(C)(CN)C(=O)Nc1ccc(Cl)cc1. The lowest BCUT2D eigenvalue weighted by molar-refractivity contribution is -0.124. The topological polar surface area (TPSA) is 55.1 Å². The van der Waals surface area contributed by atoms with Gasteiger partial charge in [-0.15, -0.1) is 0 Å². The molecule has 16 heavy (non-hydrogen) atoms. The molecule has 0 aliphatic heterocycles. The molecule has 0 aliphatic carbocycles. The van der Waals surface area contributed by atoms with E-state index >= 15 is 0 Å². The summed E-state index contributed by atoms with van der Waals surface area (Å²) in [6.07, 6.45) is 0.711. The van der Waals surface area contributed by atoms with Gasteiger partial charge in [0.1, 0.15) is 0 Å². The lowest BCUT2D eigenvalue weighted by Gasteiger charge is -2.24. The van der Waals surface area contributed by atoms with Gasteiger partial charge in [0.25, 0.3) is 0 Å². The molecule has 1 rings (SSSR count). The fraction of sp³-hybridized carbons (Fsp3) is 0.417. The summed E-state index contributed by atoms with van der Waals surface area (Å²) in [6.45, 7) is 4.15. The van der Waals surface area contributed by atoms with Crippen molar-refractivity contribution in [2.75, 3.05) is 11.9 Å². The Kier molecular flexibility index (Phi) is 4.33. The van der Waals surface area contributed by atoms with Gasteiger partial charge in [-0.2, -0.15) is 0 Å². The first-order chi connectivity index (χ1) is 7.51. The Balaban J connectivity index is 2.74. The van der Waals surface area contributed by atoms with Gasteiger partial charge >= 0.3 is 0 Å². The fourth-order valence-corrected chi connectivity index (χ4v) is 1.34. The van der Waals surface area contributed by atoms with Crippen molar-refractivity contribution in [2.45, 2.75) is 20.3 Å². The summed E-state index contributed by atoms with van der Waals surface area (Å²) >= 11 is 5.76. The molecule has 1 amide bonds. The van der Waals surface area contributed by atoms with Gasteiger partial charge in [0.2, 0.25) is 5.91 Å². The summed E-state index contributed by atoms with van der Waals surface area (Å²) in [4.78, 5) is 12.0. The van der Waals surface area contributed by atoms with Crippen LogP contribution in [0.4, 0.5) is 5.69 Å². The van der Waals surface area contributed by atoms with E-state index in [1.165, 1.54) is 0 Å². The summed E-state index contributed by atoms with van der Waals surface area (Å²) in [5.74, 6) is -0.0557. The highest BCUT2D eigenvalue weighted by atomic mass is 35.5. The maximum atomic E-state index is 12.0. The van der Waals surface area contributed by atoms with Gasteiger partial charge in [-0.05, 0) is 37.6 Å². The average Bonchev–Trinajstić information content (AvgIpc) is 2.31. The van der Waals surface area contributed by atoms with E-state index in [1.54, 1.807) is 24.3 Å². The van der Waals surface area contributed by atoms with Crippen LogP contribution < -0.4 is 11.1 Å². The molecule has 0 spiro atoms. The summed E-state index contributed by atoms with van der Waals surface area (Å²) in [7, 11) is 0. The fourth-order valence-electron chi connectivity index (χ4n) is 1.21. The molecule has 0 radical (unpaired) electrons. The monoisotopic (exact) mass is 240 g/mol. The minimum absolute atomic E-state index is 0.0557. The maximum absolute atomic E-state index is 12.0. The van der Waals surface area contributed by atoms with Crippen LogP contribution >= 0.6 is 11.6 Å². The number of benzene rings is 1. The number of hydrogen-bond donors (Lipinski definition) is 2. The van der Waals surface area contributed by atoms with Crippen molar-refractivity contribution in [2.24, 2.45) is 11.1 Å². The van der Waals surface area contributed by atoms with E-state index in [0.29, 0.717) is 18.0 Å². The molecule has 1 aromatic rings. The number of carbonyl (C=O) groups excluding carboxylic acids is 1. The van der Waals surface area contributed by atoms with Gasteiger partial charge in [-0.1, -0.05) is 18.5 Å². The van der Waals surface area contributed by atoms with Crippen LogP contribution in [0.25, 0.3) is 0 Å². The highest BCUT2D eigenvalue weighted by Crippen LogP contribution is 2.22. The zero-order chi connectivity index (χ0) is 12.2. The Hall–Kier alpha value is -1.06. The summed E-state index contributed by atoms with van der Waals surface area (Å²) in [6, 6.07) is 7.02. The van der Waals surface area contributed by atoms with Gasteiger partial charge in [0.05, 0.1) is 5.41 Å². The molecule has 0 fully saturated rings. The molecule has 0 aromatic heterocycles. The summed E-state index contributed by atoms with van der Waals surface area (Å²) < 4.78 is 0. The Morgan fingerprint density at radius 3 is 2.44 bits per heavy atom. The molecule has 1 unspecified atom stereocenters. The molecule has 3 nitrogen and oxygen atoms in total.